The molecule has 0 aromatic rings. The second-order valence-corrected chi connectivity index (χ2v) is 5.87. The zero-order valence-corrected chi connectivity index (χ0v) is 11.0. The van der Waals surface area contributed by atoms with Crippen molar-refractivity contribution < 1.29 is 9.53 Å². The first-order valence-electron chi connectivity index (χ1n) is 6.51. The van der Waals surface area contributed by atoms with Gasteiger partial charge in [-0.2, -0.15) is 0 Å². The van der Waals surface area contributed by atoms with E-state index in [0.717, 1.165) is 19.3 Å². The average molecular weight is 234 g/mol. The number of carbonyl (C=O) groups excluding carboxylic acids is 1. The molecule has 1 fully saturated rings. The molecule has 0 aromatic carbocycles. The minimum Gasteiger partial charge on any atom is -0.458 e. The van der Waals surface area contributed by atoms with Crippen molar-refractivity contribution in [3.05, 3.63) is 23.8 Å². The van der Waals surface area contributed by atoms with Crippen LogP contribution < -0.4 is 0 Å². The summed E-state index contributed by atoms with van der Waals surface area (Å²) < 4.78 is 5.35. The topological polar surface area (TPSA) is 26.3 Å². The summed E-state index contributed by atoms with van der Waals surface area (Å²) in [7, 11) is 0. The molecule has 0 saturated carbocycles. The van der Waals surface area contributed by atoms with Crippen molar-refractivity contribution in [2.75, 3.05) is 0 Å². The van der Waals surface area contributed by atoms with Gasteiger partial charge < -0.3 is 4.74 Å². The Morgan fingerprint density at radius 2 is 2.35 bits per heavy atom. The Morgan fingerprint density at radius 1 is 1.59 bits per heavy atom. The highest BCUT2D eigenvalue weighted by atomic mass is 16.5. The van der Waals surface area contributed by atoms with E-state index in [0.29, 0.717) is 12.3 Å². The SMILES string of the molecule is CC(C)=CCC[C@@]1(C)CC=CC2OC(=O)C[C@@H]21. The first kappa shape index (κ1) is 12.4. The van der Waals surface area contributed by atoms with Crippen LogP contribution in [0, 0.1) is 11.3 Å². The van der Waals surface area contributed by atoms with E-state index in [1.54, 1.807) is 0 Å². The van der Waals surface area contributed by atoms with Gasteiger partial charge in [0.05, 0.1) is 6.42 Å². The highest BCUT2D eigenvalue weighted by Crippen LogP contribution is 2.47. The van der Waals surface area contributed by atoms with Gasteiger partial charge in [-0.15, -0.1) is 0 Å². The Hall–Kier alpha value is -1.05. The van der Waals surface area contributed by atoms with Crippen molar-refractivity contribution in [2.45, 2.75) is 52.6 Å². The number of rotatable bonds is 3. The standard InChI is InChI=1S/C15H22O2/c1-11(2)6-4-8-15(3)9-5-7-13-12(15)10-14(16)17-13/h5-7,12-13H,4,8-10H2,1-3H3/t12-,13?,15-/m0/s1. The zero-order chi connectivity index (χ0) is 12.5. The minimum atomic E-state index is -0.0278. The molecular weight excluding hydrogens is 212 g/mol. The lowest BCUT2D eigenvalue weighted by Gasteiger charge is -2.38. The minimum absolute atomic E-state index is 0.0278. The quantitative estimate of drug-likeness (QED) is 0.550. The highest BCUT2D eigenvalue weighted by molar-refractivity contribution is 5.72. The average Bonchev–Trinajstić information content (AvgIpc) is 2.60. The van der Waals surface area contributed by atoms with Crippen LogP contribution in [0.2, 0.25) is 0 Å². The normalized spacial score (nSPS) is 35.4. The van der Waals surface area contributed by atoms with E-state index in [9.17, 15) is 4.79 Å². The van der Waals surface area contributed by atoms with Gasteiger partial charge in [0, 0.05) is 5.92 Å². The maximum Gasteiger partial charge on any atom is 0.306 e. The number of hydrogen-bond donors (Lipinski definition) is 0. The van der Waals surface area contributed by atoms with Crippen LogP contribution in [0.25, 0.3) is 0 Å². The van der Waals surface area contributed by atoms with Crippen LogP contribution in [0.15, 0.2) is 23.8 Å². The molecule has 0 radical (unpaired) electrons. The van der Waals surface area contributed by atoms with Crippen LogP contribution in [-0.2, 0) is 9.53 Å². The Bertz CT molecular complexity index is 363. The fourth-order valence-electron chi connectivity index (χ4n) is 2.99. The highest BCUT2D eigenvalue weighted by Gasteiger charge is 2.46. The van der Waals surface area contributed by atoms with Crippen LogP contribution in [0.5, 0.6) is 0 Å². The number of ether oxygens (including phenoxy) is 1. The van der Waals surface area contributed by atoms with Crippen LogP contribution in [0.3, 0.4) is 0 Å². The molecule has 3 atom stereocenters. The number of carbonyl (C=O) groups is 1. The van der Waals surface area contributed by atoms with E-state index in [-0.39, 0.29) is 17.5 Å². The summed E-state index contributed by atoms with van der Waals surface area (Å²) >= 11 is 0. The van der Waals surface area contributed by atoms with Gasteiger partial charge in [0.1, 0.15) is 6.10 Å². The lowest BCUT2D eigenvalue weighted by atomic mass is 9.66. The van der Waals surface area contributed by atoms with E-state index in [1.807, 2.05) is 0 Å². The summed E-state index contributed by atoms with van der Waals surface area (Å²) in [6, 6.07) is 0. The maximum atomic E-state index is 11.4. The van der Waals surface area contributed by atoms with Gasteiger partial charge in [0.25, 0.3) is 0 Å². The van der Waals surface area contributed by atoms with Gasteiger partial charge in [0.2, 0.25) is 0 Å². The number of esters is 1. The van der Waals surface area contributed by atoms with Crippen molar-refractivity contribution in [1.29, 1.82) is 0 Å². The Morgan fingerprint density at radius 3 is 3.06 bits per heavy atom. The molecule has 2 nitrogen and oxygen atoms in total. The molecular formula is C15H22O2. The molecule has 1 heterocycles. The van der Waals surface area contributed by atoms with Crippen molar-refractivity contribution in [3.8, 4) is 0 Å². The summed E-state index contributed by atoms with van der Waals surface area (Å²) in [5.41, 5.74) is 1.59. The third-order valence-electron chi connectivity index (χ3n) is 4.12. The fourth-order valence-corrected chi connectivity index (χ4v) is 2.99. The first-order chi connectivity index (χ1) is 8.01. The lowest BCUT2D eigenvalue weighted by Crippen LogP contribution is -2.34. The van der Waals surface area contributed by atoms with Crippen molar-refractivity contribution >= 4 is 5.97 Å². The van der Waals surface area contributed by atoms with Crippen molar-refractivity contribution in [1.82, 2.24) is 0 Å². The van der Waals surface area contributed by atoms with Gasteiger partial charge in [-0.05, 0) is 44.6 Å². The summed E-state index contributed by atoms with van der Waals surface area (Å²) in [4.78, 5) is 11.4. The number of fused-ring (bicyclic) bond motifs is 1. The second-order valence-electron chi connectivity index (χ2n) is 5.87. The largest absolute Gasteiger partial charge is 0.458 e. The van der Waals surface area contributed by atoms with Crippen LogP contribution in [-0.4, -0.2) is 12.1 Å². The fraction of sp³-hybridized carbons (Fsp3) is 0.667. The number of hydrogen-bond acceptors (Lipinski definition) is 2. The summed E-state index contributed by atoms with van der Waals surface area (Å²) in [5, 5.41) is 0. The lowest BCUT2D eigenvalue weighted by molar-refractivity contribution is -0.140. The van der Waals surface area contributed by atoms with Crippen LogP contribution in [0.4, 0.5) is 0 Å². The Balaban J connectivity index is 2.06. The molecule has 0 aromatic heterocycles. The van der Waals surface area contributed by atoms with E-state index >= 15 is 0 Å². The summed E-state index contributed by atoms with van der Waals surface area (Å²) in [5.74, 6) is 0.352. The van der Waals surface area contributed by atoms with Crippen LogP contribution in [0.1, 0.15) is 46.5 Å². The van der Waals surface area contributed by atoms with Crippen molar-refractivity contribution in [3.63, 3.8) is 0 Å². The predicted octanol–water partition coefficient (Wildman–Crippen LogP) is 3.63. The summed E-state index contributed by atoms with van der Waals surface area (Å²) in [6.45, 7) is 6.57. The molecule has 1 aliphatic carbocycles. The molecule has 17 heavy (non-hydrogen) atoms. The third kappa shape index (κ3) is 2.62. The van der Waals surface area contributed by atoms with E-state index in [4.69, 9.17) is 4.74 Å². The molecule has 2 rings (SSSR count). The molecule has 1 aliphatic heterocycles. The van der Waals surface area contributed by atoms with E-state index in [1.165, 1.54) is 5.57 Å². The van der Waals surface area contributed by atoms with Gasteiger partial charge in [0.15, 0.2) is 0 Å². The maximum absolute atomic E-state index is 11.4. The van der Waals surface area contributed by atoms with Gasteiger partial charge in [-0.1, -0.05) is 24.6 Å². The molecule has 0 spiro atoms. The monoisotopic (exact) mass is 234 g/mol. The zero-order valence-electron chi connectivity index (χ0n) is 11.0. The van der Waals surface area contributed by atoms with Crippen LogP contribution >= 0.6 is 0 Å². The molecule has 1 unspecified atom stereocenters. The molecule has 2 heteroatoms. The Labute approximate surface area is 104 Å². The second kappa shape index (κ2) is 4.67. The smallest absolute Gasteiger partial charge is 0.306 e. The number of allylic oxidation sites excluding steroid dienone is 3. The molecule has 0 bridgehead atoms. The molecule has 1 saturated heterocycles. The van der Waals surface area contributed by atoms with Gasteiger partial charge in [-0.3, -0.25) is 4.79 Å². The van der Waals surface area contributed by atoms with E-state index in [2.05, 4.69) is 39.0 Å². The third-order valence-corrected chi connectivity index (χ3v) is 4.12. The van der Waals surface area contributed by atoms with Crippen molar-refractivity contribution in [2.24, 2.45) is 11.3 Å². The molecule has 0 N–H and O–H groups in total. The predicted molar refractivity (Wildman–Crippen MR) is 68.5 cm³/mol. The van der Waals surface area contributed by atoms with E-state index < -0.39 is 0 Å². The first-order valence-corrected chi connectivity index (χ1v) is 6.51. The molecule has 0 amide bonds. The molecule has 2 aliphatic rings. The molecule has 94 valence electrons. The van der Waals surface area contributed by atoms with Gasteiger partial charge >= 0.3 is 5.97 Å². The Kier molecular flexibility index (Phi) is 3.41. The summed E-state index contributed by atoms with van der Waals surface area (Å²) in [6.07, 6.45) is 10.5. The van der Waals surface area contributed by atoms with Gasteiger partial charge in [-0.25, -0.2) is 0 Å².